The zero-order valence-electron chi connectivity index (χ0n) is 12.4. The van der Waals surface area contributed by atoms with E-state index in [4.69, 9.17) is 17.4 Å². The topological polar surface area (TPSA) is 54.2 Å². The molecule has 0 saturated heterocycles. The largest absolute Gasteiger partial charge is 0.308 e. The van der Waals surface area contributed by atoms with Crippen LogP contribution < -0.4 is 11.3 Å². The van der Waals surface area contributed by atoms with Gasteiger partial charge in [0.25, 0.3) is 0 Å². The first-order valence-corrected chi connectivity index (χ1v) is 7.38. The smallest absolute Gasteiger partial charge is 0.140 e. The van der Waals surface area contributed by atoms with E-state index in [1.807, 2.05) is 12.1 Å². The van der Waals surface area contributed by atoms with E-state index in [0.717, 1.165) is 12.2 Å². The lowest BCUT2D eigenvalue weighted by molar-refractivity contribution is 0.201. The normalized spacial score (nSPS) is 11.1. The van der Waals surface area contributed by atoms with E-state index in [1.165, 1.54) is 5.56 Å². The zero-order chi connectivity index (χ0) is 15.2. The van der Waals surface area contributed by atoms with Gasteiger partial charge in [-0.1, -0.05) is 41.9 Å². The SMILES string of the molecule is CC(C)N(Cc1ccccc1)Cc1nc(NN)ccc1Cl. The predicted octanol–water partition coefficient (Wildman–Crippen LogP) is 3.43. The summed E-state index contributed by atoms with van der Waals surface area (Å²) < 4.78 is 0. The number of nitrogen functional groups attached to an aromatic ring is 1. The third kappa shape index (κ3) is 4.43. The van der Waals surface area contributed by atoms with E-state index in [-0.39, 0.29) is 0 Å². The second-order valence-electron chi connectivity index (χ2n) is 5.25. The lowest BCUT2D eigenvalue weighted by atomic mass is 10.2. The summed E-state index contributed by atoms with van der Waals surface area (Å²) in [6, 6.07) is 14.4. The summed E-state index contributed by atoms with van der Waals surface area (Å²) in [4.78, 5) is 6.77. The number of aromatic nitrogens is 1. The fourth-order valence-corrected chi connectivity index (χ4v) is 2.27. The summed E-state index contributed by atoms with van der Waals surface area (Å²) >= 11 is 6.25. The van der Waals surface area contributed by atoms with E-state index >= 15 is 0 Å². The molecular weight excluding hydrogens is 284 g/mol. The number of pyridine rings is 1. The summed E-state index contributed by atoms with van der Waals surface area (Å²) in [5, 5.41) is 0.660. The maximum atomic E-state index is 6.25. The summed E-state index contributed by atoms with van der Waals surface area (Å²) in [6.07, 6.45) is 0. The number of nitrogens with one attached hydrogen (secondary N) is 1. The van der Waals surface area contributed by atoms with Crippen molar-refractivity contribution in [2.45, 2.75) is 33.0 Å². The highest BCUT2D eigenvalue weighted by Gasteiger charge is 2.14. The first-order valence-electron chi connectivity index (χ1n) is 7.00. The van der Waals surface area contributed by atoms with Crippen molar-refractivity contribution in [2.75, 3.05) is 5.43 Å². The van der Waals surface area contributed by atoms with E-state index in [0.29, 0.717) is 23.4 Å². The number of rotatable bonds is 6. The standard InChI is InChI=1S/C16H21ClN4/c1-12(2)21(10-13-6-4-3-5-7-13)11-15-14(17)8-9-16(19-15)20-18/h3-9,12H,10-11,18H2,1-2H3,(H,19,20). The Bertz CT molecular complexity index is 572. The molecule has 0 amide bonds. The van der Waals surface area contributed by atoms with Gasteiger partial charge in [-0.3, -0.25) is 4.90 Å². The second-order valence-corrected chi connectivity index (χ2v) is 5.66. The zero-order valence-corrected chi connectivity index (χ0v) is 13.1. The lowest BCUT2D eigenvalue weighted by Gasteiger charge is -2.26. The summed E-state index contributed by atoms with van der Waals surface area (Å²) in [6.45, 7) is 5.88. The highest BCUT2D eigenvalue weighted by atomic mass is 35.5. The number of halogens is 1. The van der Waals surface area contributed by atoms with Gasteiger partial charge in [0, 0.05) is 19.1 Å². The van der Waals surface area contributed by atoms with Gasteiger partial charge in [-0.2, -0.15) is 0 Å². The number of nitrogens with zero attached hydrogens (tertiary/aromatic N) is 2. The molecular formula is C16H21ClN4. The quantitative estimate of drug-likeness (QED) is 0.634. The average Bonchev–Trinajstić information content (AvgIpc) is 2.49. The van der Waals surface area contributed by atoms with Crippen molar-refractivity contribution in [2.24, 2.45) is 5.84 Å². The number of nitrogens with two attached hydrogens (primary N) is 1. The molecule has 0 aliphatic rings. The van der Waals surface area contributed by atoms with Gasteiger partial charge < -0.3 is 5.43 Å². The van der Waals surface area contributed by atoms with Crippen LogP contribution in [-0.4, -0.2) is 15.9 Å². The number of hydrogen-bond acceptors (Lipinski definition) is 4. The van der Waals surface area contributed by atoms with Gasteiger partial charge >= 0.3 is 0 Å². The van der Waals surface area contributed by atoms with Crippen LogP contribution in [0.3, 0.4) is 0 Å². The summed E-state index contributed by atoms with van der Waals surface area (Å²) in [7, 11) is 0. The van der Waals surface area contributed by atoms with Crippen LogP contribution in [0.1, 0.15) is 25.1 Å². The van der Waals surface area contributed by atoms with Gasteiger partial charge in [0.2, 0.25) is 0 Å². The molecule has 0 aliphatic carbocycles. The highest BCUT2D eigenvalue weighted by molar-refractivity contribution is 6.31. The Kier molecular flexibility index (Phi) is 5.56. The third-order valence-electron chi connectivity index (χ3n) is 3.38. The fraction of sp³-hybridized carbons (Fsp3) is 0.312. The average molecular weight is 305 g/mol. The summed E-state index contributed by atoms with van der Waals surface area (Å²) in [5.41, 5.74) is 4.66. The van der Waals surface area contributed by atoms with Crippen molar-refractivity contribution in [1.29, 1.82) is 0 Å². The van der Waals surface area contributed by atoms with Crippen LogP contribution in [0.5, 0.6) is 0 Å². The van der Waals surface area contributed by atoms with Crippen LogP contribution in [-0.2, 0) is 13.1 Å². The Morgan fingerprint density at radius 1 is 1.14 bits per heavy atom. The first-order chi connectivity index (χ1) is 10.1. The van der Waals surface area contributed by atoms with Crippen LogP contribution in [0.4, 0.5) is 5.82 Å². The van der Waals surface area contributed by atoms with Crippen LogP contribution in [0, 0.1) is 0 Å². The molecule has 2 rings (SSSR count). The minimum Gasteiger partial charge on any atom is -0.308 e. The van der Waals surface area contributed by atoms with Crippen LogP contribution in [0.25, 0.3) is 0 Å². The van der Waals surface area contributed by atoms with E-state index < -0.39 is 0 Å². The van der Waals surface area contributed by atoms with Crippen LogP contribution >= 0.6 is 11.6 Å². The van der Waals surface area contributed by atoms with E-state index in [2.05, 4.69) is 53.4 Å². The molecule has 1 heterocycles. The Balaban J connectivity index is 2.16. The maximum Gasteiger partial charge on any atom is 0.140 e. The molecule has 3 N–H and O–H groups in total. The minimum atomic E-state index is 0.387. The highest BCUT2D eigenvalue weighted by Crippen LogP contribution is 2.20. The molecule has 1 aromatic carbocycles. The van der Waals surface area contributed by atoms with Gasteiger partial charge in [0.1, 0.15) is 5.82 Å². The van der Waals surface area contributed by atoms with Crippen molar-refractivity contribution in [3.05, 3.63) is 58.7 Å². The van der Waals surface area contributed by atoms with E-state index in [9.17, 15) is 0 Å². The Hall–Kier alpha value is -1.62. The molecule has 5 heteroatoms. The van der Waals surface area contributed by atoms with Crippen molar-refractivity contribution in [3.8, 4) is 0 Å². The predicted molar refractivity (Wildman–Crippen MR) is 87.9 cm³/mol. The van der Waals surface area contributed by atoms with Crippen molar-refractivity contribution in [3.63, 3.8) is 0 Å². The Morgan fingerprint density at radius 2 is 1.86 bits per heavy atom. The number of anilines is 1. The molecule has 0 radical (unpaired) electrons. The second kappa shape index (κ2) is 7.41. The number of benzene rings is 1. The van der Waals surface area contributed by atoms with Gasteiger partial charge in [-0.05, 0) is 31.5 Å². The molecule has 0 spiro atoms. The first kappa shape index (κ1) is 15.8. The van der Waals surface area contributed by atoms with Gasteiger partial charge in [0.15, 0.2) is 0 Å². The van der Waals surface area contributed by atoms with Crippen molar-refractivity contribution >= 4 is 17.4 Å². The maximum absolute atomic E-state index is 6.25. The fourth-order valence-electron chi connectivity index (χ4n) is 2.11. The third-order valence-corrected chi connectivity index (χ3v) is 3.72. The molecule has 2 aromatic rings. The lowest BCUT2D eigenvalue weighted by Crippen LogP contribution is -2.30. The molecule has 112 valence electrons. The molecule has 4 nitrogen and oxygen atoms in total. The molecule has 1 aromatic heterocycles. The number of hydrogen-bond donors (Lipinski definition) is 2. The van der Waals surface area contributed by atoms with E-state index in [1.54, 1.807) is 6.07 Å². The molecule has 0 aliphatic heterocycles. The van der Waals surface area contributed by atoms with Crippen molar-refractivity contribution in [1.82, 2.24) is 9.88 Å². The van der Waals surface area contributed by atoms with Crippen molar-refractivity contribution < 1.29 is 0 Å². The summed E-state index contributed by atoms with van der Waals surface area (Å²) in [5.74, 6) is 6.04. The molecule has 0 unspecified atom stereocenters. The molecule has 0 bridgehead atoms. The van der Waals surface area contributed by atoms with Crippen LogP contribution in [0.2, 0.25) is 5.02 Å². The Labute approximate surface area is 130 Å². The molecule has 0 saturated carbocycles. The van der Waals surface area contributed by atoms with Crippen LogP contribution in [0.15, 0.2) is 42.5 Å². The van der Waals surface area contributed by atoms with Gasteiger partial charge in [-0.25, -0.2) is 10.8 Å². The monoisotopic (exact) mass is 304 g/mol. The Morgan fingerprint density at radius 3 is 2.48 bits per heavy atom. The molecule has 0 fully saturated rings. The van der Waals surface area contributed by atoms with Gasteiger partial charge in [0.05, 0.1) is 10.7 Å². The number of hydrazine groups is 1. The van der Waals surface area contributed by atoms with Gasteiger partial charge in [-0.15, -0.1) is 0 Å². The minimum absolute atomic E-state index is 0.387. The molecule has 21 heavy (non-hydrogen) atoms. The molecule has 0 atom stereocenters.